The van der Waals surface area contributed by atoms with Crippen LogP contribution in [0.25, 0.3) is 22.1 Å². The first-order valence-electron chi connectivity index (χ1n) is 10.1. The van der Waals surface area contributed by atoms with Gasteiger partial charge in [0.05, 0.1) is 23.9 Å². The second-order valence-electron chi connectivity index (χ2n) is 7.75. The van der Waals surface area contributed by atoms with Crippen molar-refractivity contribution in [1.29, 1.82) is 0 Å². The van der Waals surface area contributed by atoms with Crippen LogP contribution in [0.3, 0.4) is 0 Å². The van der Waals surface area contributed by atoms with Gasteiger partial charge in [-0.15, -0.1) is 0 Å². The fourth-order valence-corrected chi connectivity index (χ4v) is 5.25. The van der Waals surface area contributed by atoms with Crippen molar-refractivity contribution in [1.82, 2.24) is 24.2 Å². The average Bonchev–Trinajstić information content (AvgIpc) is 3.30. The van der Waals surface area contributed by atoms with Gasteiger partial charge in [-0.1, -0.05) is 19.3 Å². The lowest BCUT2D eigenvalue weighted by molar-refractivity contribution is -0.129. The molecule has 3 aromatic rings. The molecule has 0 unspecified atom stereocenters. The lowest BCUT2D eigenvalue weighted by atomic mass is 9.95. The molecule has 3 aromatic heterocycles. The molecule has 0 saturated heterocycles. The Morgan fingerprint density at radius 1 is 1.23 bits per heavy atom. The fraction of sp³-hybridized carbons (Fsp3) is 0.579. The van der Waals surface area contributed by atoms with Crippen LogP contribution in [-0.4, -0.2) is 46.4 Å². The predicted octanol–water partition coefficient (Wildman–Crippen LogP) is 3.83. The number of halogens is 3. The predicted molar refractivity (Wildman–Crippen MR) is 108 cm³/mol. The summed E-state index contributed by atoms with van der Waals surface area (Å²) < 4.78 is 65.3. The Kier molecular flexibility index (Phi) is 5.75. The van der Waals surface area contributed by atoms with E-state index >= 15 is 0 Å². The summed E-state index contributed by atoms with van der Waals surface area (Å²) in [6.07, 6.45) is 3.42. The number of H-pyrrole nitrogens is 1. The highest BCUT2D eigenvalue weighted by molar-refractivity contribution is 7.89. The summed E-state index contributed by atoms with van der Waals surface area (Å²) in [5.41, 5.74) is 2.48. The molecule has 0 amide bonds. The van der Waals surface area contributed by atoms with Gasteiger partial charge in [0.15, 0.2) is 0 Å². The number of nitrogens with one attached hydrogen (secondary N) is 2. The SMILES string of the molecule is O=S(=O)(CCC(F)(F)F)NCCc1nc2cnc3[nH]ccc3c2n1C1CCCCC1. The largest absolute Gasteiger partial charge is 0.390 e. The van der Waals surface area contributed by atoms with Gasteiger partial charge in [0.1, 0.15) is 17.0 Å². The summed E-state index contributed by atoms with van der Waals surface area (Å²) in [5, 5.41) is 0.961. The Balaban J connectivity index is 1.59. The van der Waals surface area contributed by atoms with E-state index in [1.165, 1.54) is 6.42 Å². The first-order chi connectivity index (χ1) is 14.2. The Hall–Kier alpha value is -2.14. The first-order valence-corrected chi connectivity index (χ1v) is 11.8. The van der Waals surface area contributed by atoms with Gasteiger partial charge in [0.2, 0.25) is 10.0 Å². The van der Waals surface area contributed by atoms with Crippen molar-refractivity contribution in [2.75, 3.05) is 12.3 Å². The van der Waals surface area contributed by atoms with Crippen LogP contribution in [0.1, 0.15) is 50.4 Å². The average molecular weight is 443 g/mol. The van der Waals surface area contributed by atoms with Gasteiger partial charge in [-0.3, -0.25) is 0 Å². The molecule has 30 heavy (non-hydrogen) atoms. The zero-order chi connectivity index (χ0) is 21.4. The highest BCUT2D eigenvalue weighted by Crippen LogP contribution is 2.34. The van der Waals surface area contributed by atoms with Crippen molar-refractivity contribution in [3.63, 3.8) is 0 Å². The van der Waals surface area contributed by atoms with E-state index in [0.29, 0.717) is 6.42 Å². The van der Waals surface area contributed by atoms with Crippen molar-refractivity contribution in [3.05, 3.63) is 24.3 Å². The monoisotopic (exact) mass is 443 g/mol. The molecule has 4 rings (SSSR count). The normalized spacial score (nSPS) is 16.6. The summed E-state index contributed by atoms with van der Waals surface area (Å²) in [6, 6.07) is 2.22. The molecule has 0 bridgehead atoms. The van der Waals surface area contributed by atoms with Gasteiger partial charge in [-0.2, -0.15) is 13.2 Å². The molecule has 2 N–H and O–H groups in total. The number of aromatic amines is 1. The van der Waals surface area contributed by atoms with Crippen molar-refractivity contribution in [2.24, 2.45) is 0 Å². The Morgan fingerprint density at radius 2 is 2.00 bits per heavy atom. The standard InChI is InChI=1S/C19H24F3N5O2S/c20-19(21,22)8-11-30(28,29)25-10-7-16-26-15-12-24-18-14(6-9-23-18)17(15)27(16)13-4-2-1-3-5-13/h6,9,12-13,25H,1-5,7-8,10-11H2,(H,23,24). The van der Waals surface area contributed by atoms with Crippen LogP contribution >= 0.6 is 0 Å². The lowest BCUT2D eigenvalue weighted by Gasteiger charge is -2.26. The fourth-order valence-electron chi connectivity index (χ4n) is 4.19. The molecule has 7 nitrogen and oxygen atoms in total. The summed E-state index contributed by atoms with van der Waals surface area (Å²) >= 11 is 0. The number of nitrogens with zero attached hydrogens (tertiary/aromatic N) is 3. The minimum Gasteiger partial charge on any atom is -0.346 e. The molecule has 1 saturated carbocycles. The number of sulfonamides is 1. The summed E-state index contributed by atoms with van der Waals surface area (Å²) in [6.45, 7) is -0.0000588. The van der Waals surface area contributed by atoms with E-state index < -0.39 is 28.4 Å². The van der Waals surface area contributed by atoms with Crippen molar-refractivity contribution >= 4 is 32.1 Å². The van der Waals surface area contributed by atoms with E-state index in [1.807, 2.05) is 12.3 Å². The number of rotatable bonds is 7. The number of pyridine rings is 1. The Labute approximate surface area is 172 Å². The van der Waals surface area contributed by atoms with Gasteiger partial charge < -0.3 is 9.55 Å². The maximum atomic E-state index is 12.3. The molecular weight excluding hydrogens is 419 g/mol. The Bertz CT molecular complexity index is 1130. The second-order valence-corrected chi connectivity index (χ2v) is 9.68. The molecule has 11 heteroatoms. The van der Waals surface area contributed by atoms with Crippen LogP contribution in [0, 0.1) is 0 Å². The van der Waals surface area contributed by atoms with E-state index in [1.54, 1.807) is 6.20 Å². The maximum Gasteiger partial charge on any atom is 0.390 e. The molecule has 0 aliphatic heterocycles. The molecular formula is C19H24F3N5O2S. The van der Waals surface area contributed by atoms with Gasteiger partial charge >= 0.3 is 6.18 Å². The van der Waals surface area contributed by atoms with E-state index in [2.05, 4.69) is 19.3 Å². The van der Waals surface area contributed by atoms with Gasteiger partial charge in [0.25, 0.3) is 0 Å². The van der Waals surface area contributed by atoms with Crippen molar-refractivity contribution < 1.29 is 21.6 Å². The zero-order valence-corrected chi connectivity index (χ0v) is 17.2. The van der Waals surface area contributed by atoms with Crippen LogP contribution in [0.5, 0.6) is 0 Å². The van der Waals surface area contributed by atoms with E-state index in [-0.39, 0.29) is 12.6 Å². The zero-order valence-electron chi connectivity index (χ0n) is 16.4. The molecule has 3 heterocycles. The number of hydrogen-bond donors (Lipinski definition) is 2. The topological polar surface area (TPSA) is 92.7 Å². The first kappa shape index (κ1) is 21.1. The smallest absolute Gasteiger partial charge is 0.346 e. The highest BCUT2D eigenvalue weighted by atomic mass is 32.2. The second kappa shape index (κ2) is 8.18. The summed E-state index contributed by atoms with van der Waals surface area (Å²) in [7, 11) is -4.00. The van der Waals surface area contributed by atoms with Crippen LogP contribution in [0.15, 0.2) is 18.5 Å². The van der Waals surface area contributed by atoms with Gasteiger partial charge in [0, 0.05) is 30.6 Å². The minimum absolute atomic E-state index is 0.0000588. The quantitative estimate of drug-likeness (QED) is 0.580. The third kappa shape index (κ3) is 4.61. The third-order valence-corrected chi connectivity index (χ3v) is 6.96. The molecule has 0 radical (unpaired) electrons. The lowest BCUT2D eigenvalue weighted by Crippen LogP contribution is -2.31. The van der Waals surface area contributed by atoms with E-state index in [9.17, 15) is 21.6 Å². The molecule has 0 atom stereocenters. The van der Waals surface area contributed by atoms with Crippen molar-refractivity contribution in [3.8, 4) is 0 Å². The molecule has 164 valence electrons. The van der Waals surface area contributed by atoms with Crippen LogP contribution in [0.2, 0.25) is 0 Å². The Morgan fingerprint density at radius 3 is 2.73 bits per heavy atom. The molecule has 1 fully saturated rings. The number of imidazole rings is 1. The van der Waals surface area contributed by atoms with Crippen LogP contribution in [-0.2, 0) is 16.4 Å². The van der Waals surface area contributed by atoms with Gasteiger partial charge in [-0.25, -0.2) is 23.1 Å². The molecule has 0 aromatic carbocycles. The number of aromatic nitrogens is 4. The van der Waals surface area contributed by atoms with E-state index in [4.69, 9.17) is 4.98 Å². The molecule has 1 aliphatic rings. The number of alkyl halides is 3. The number of fused-ring (bicyclic) bond motifs is 3. The van der Waals surface area contributed by atoms with E-state index in [0.717, 1.165) is 53.6 Å². The minimum atomic E-state index is -4.50. The highest BCUT2D eigenvalue weighted by Gasteiger charge is 2.30. The number of hydrogen-bond acceptors (Lipinski definition) is 4. The maximum absolute atomic E-state index is 12.3. The van der Waals surface area contributed by atoms with Crippen molar-refractivity contribution in [2.45, 2.75) is 57.2 Å². The van der Waals surface area contributed by atoms with Crippen LogP contribution < -0.4 is 4.72 Å². The molecule has 0 spiro atoms. The molecule has 1 aliphatic carbocycles. The van der Waals surface area contributed by atoms with Gasteiger partial charge in [-0.05, 0) is 18.9 Å². The third-order valence-electron chi connectivity index (χ3n) is 5.57. The summed E-state index contributed by atoms with van der Waals surface area (Å²) in [4.78, 5) is 12.2. The van der Waals surface area contributed by atoms with Crippen LogP contribution in [0.4, 0.5) is 13.2 Å². The summed E-state index contributed by atoms with van der Waals surface area (Å²) in [5.74, 6) is -0.241.